The van der Waals surface area contributed by atoms with Gasteiger partial charge < -0.3 is 15.2 Å². The monoisotopic (exact) mass is 257 g/mol. The molecular formula is C16H19NO2. The van der Waals surface area contributed by atoms with E-state index >= 15 is 0 Å². The molecule has 2 N–H and O–H groups in total. The van der Waals surface area contributed by atoms with Crippen molar-refractivity contribution in [2.45, 2.75) is 19.6 Å². The Morgan fingerprint density at radius 2 is 1.79 bits per heavy atom. The van der Waals surface area contributed by atoms with Gasteiger partial charge in [0.05, 0.1) is 19.8 Å². The fourth-order valence-electron chi connectivity index (χ4n) is 2.13. The zero-order valence-electron chi connectivity index (χ0n) is 11.3. The summed E-state index contributed by atoms with van der Waals surface area (Å²) >= 11 is 0. The number of hydrogen-bond donors (Lipinski definition) is 2. The minimum absolute atomic E-state index is 0.0296. The van der Waals surface area contributed by atoms with Gasteiger partial charge in [-0.1, -0.05) is 36.4 Å². The highest BCUT2D eigenvalue weighted by molar-refractivity contribution is 5.53. The molecule has 0 radical (unpaired) electrons. The molecule has 0 aromatic heterocycles. The topological polar surface area (TPSA) is 41.5 Å². The molecule has 2 aromatic rings. The second-order valence-electron chi connectivity index (χ2n) is 4.42. The van der Waals surface area contributed by atoms with Gasteiger partial charge in [0, 0.05) is 16.8 Å². The highest BCUT2D eigenvalue weighted by Crippen LogP contribution is 2.28. The number of methoxy groups -OCH3 is 1. The Balaban J connectivity index is 2.23. The molecule has 19 heavy (non-hydrogen) atoms. The van der Waals surface area contributed by atoms with Gasteiger partial charge in [-0.3, -0.25) is 0 Å². The first-order chi connectivity index (χ1) is 9.26. The molecule has 0 amide bonds. The number of hydrogen-bond acceptors (Lipinski definition) is 3. The summed E-state index contributed by atoms with van der Waals surface area (Å²) in [5, 5.41) is 12.8. The van der Waals surface area contributed by atoms with Crippen LogP contribution in [0.25, 0.3) is 0 Å². The van der Waals surface area contributed by atoms with Crippen LogP contribution in [0.2, 0.25) is 0 Å². The summed E-state index contributed by atoms with van der Waals surface area (Å²) in [5.41, 5.74) is 2.94. The summed E-state index contributed by atoms with van der Waals surface area (Å²) in [6, 6.07) is 15.8. The average molecular weight is 257 g/mol. The Kier molecular flexibility index (Phi) is 4.42. The van der Waals surface area contributed by atoms with E-state index in [1.807, 2.05) is 48.5 Å². The maximum absolute atomic E-state index is 9.34. The van der Waals surface area contributed by atoms with Gasteiger partial charge in [0.2, 0.25) is 0 Å². The Bertz CT molecular complexity index is 540. The number of aliphatic hydroxyl groups is 1. The molecule has 1 unspecified atom stereocenters. The number of anilines is 1. The standard InChI is InChI=1S/C16H19NO2/c1-12(14-8-4-6-10-16(14)19-2)17-15-9-5-3-7-13(15)11-18/h3-10,12,17-18H,11H2,1-2H3. The van der Waals surface area contributed by atoms with Crippen molar-refractivity contribution in [1.82, 2.24) is 0 Å². The molecule has 0 spiro atoms. The van der Waals surface area contributed by atoms with E-state index in [0.717, 1.165) is 22.6 Å². The SMILES string of the molecule is COc1ccccc1C(C)Nc1ccccc1CO. The van der Waals surface area contributed by atoms with Crippen LogP contribution in [0.3, 0.4) is 0 Å². The van der Waals surface area contributed by atoms with Gasteiger partial charge in [0.15, 0.2) is 0 Å². The summed E-state index contributed by atoms with van der Waals surface area (Å²) in [6.45, 7) is 2.10. The molecule has 0 saturated carbocycles. The Morgan fingerprint density at radius 3 is 2.53 bits per heavy atom. The molecule has 0 saturated heterocycles. The fourth-order valence-corrected chi connectivity index (χ4v) is 2.13. The molecule has 2 rings (SSSR count). The highest BCUT2D eigenvalue weighted by Gasteiger charge is 2.11. The van der Waals surface area contributed by atoms with Gasteiger partial charge >= 0.3 is 0 Å². The smallest absolute Gasteiger partial charge is 0.124 e. The third-order valence-electron chi connectivity index (χ3n) is 3.17. The van der Waals surface area contributed by atoms with Gasteiger partial charge in [0.25, 0.3) is 0 Å². The van der Waals surface area contributed by atoms with Crippen molar-refractivity contribution in [1.29, 1.82) is 0 Å². The summed E-state index contributed by atoms with van der Waals surface area (Å²) in [5.74, 6) is 0.865. The van der Waals surface area contributed by atoms with Crippen molar-refractivity contribution in [2.24, 2.45) is 0 Å². The van der Waals surface area contributed by atoms with Gasteiger partial charge in [-0.2, -0.15) is 0 Å². The van der Waals surface area contributed by atoms with E-state index < -0.39 is 0 Å². The van der Waals surface area contributed by atoms with E-state index in [1.54, 1.807) is 7.11 Å². The van der Waals surface area contributed by atoms with E-state index in [2.05, 4.69) is 12.2 Å². The predicted molar refractivity (Wildman–Crippen MR) is 77.4 cm³/mol. The van der Waals surface area contributed by atoms with E-state index in [4.69, 9.17) is 4.74 Å². The first kappa shape index (κ1) is 13.4. The van der Waals surface area contributed by atoms with Crippen molar-refractivity contribution >= 4 is 5.69 Å². The van der Waals surface area contributed by atoms with Gasteiger partial charge in [0.1, 0.15) is 5.75 Å². The molecular weight excluding hydrogens is 238 g/mol. The minimum atomic E-state index is 0.0296. The Labute approximate surface area is 113 Å². The van der Waals surface area contributed by atoms with E-state index in [1.165, 1.54) is 0 Å². The molecule has 0 heterocycles. The predicted octanol–water partition coefficient (Wildman–Crippen LogP) is 3.36. The first-order valence-corrected chi connectivity index (χ1v) is 6.34. The number of nitrogens with one attached hydrogen (secondary N) is 1. The maximum Gasteiger partial charge on any atom is 0.124 e. The quantitative estimate of drug-likeness (QED) is 0.863. The summed E-state index contributed by atoms with van der Waals surface area (Å²) in [4.78, 5) is 0. The van der Waals surface area contributed by atoms with Gasteiger partial charge in [-0.15, -0.1) is 0 Å². The summed E-state index contributed by atoms with van der Waals surface area (Å²) < 4.78 is 5.37. The van der Waals surface area contributed by atoms with Crippen LogP contribution >= 0.6 is 0 Å². The molecule has 100 valence electrons. The molecule has 0 aliphatic rings. The van der Waals surface area contributed by atoms with Crippen LogP contribution in [-0.2, 0) is 6.61 Å². The maximum atomic E-state index is 9.34. The molecule has 0 aliphatic heterocycles. The molecule has 3 nitrogen and oxygen atoms in total. The zero-order chi connectivity index (χ0) is 13.7. The fraction of sp³-hybridized carbons (Fsp3) is 0.250. The number of aliphatic hydroxyl groups excluding tert-OH is 1. The van der Waals surface area contributed by atoms with Crippen molar-refractivity contribution in [3.8, 4) is 5.75 Å². The van der Waals surface area contributed by atoms with Gasteiger partial charge in [-0.05, 0) is 19.1 Å². The number of rotatable bonds is 5. The second kappa shape index (κ2) is 6.25. The second-order valence-corrected chi connectivity index (χ2v) is 4.42. The molecule has 1 atom stereocenters. The number of ether oxygens (including phenoxy) is 1. The third-order valence-corrected chi connectivity index (χ3v) is 3.17. The van der Waals surface area contributed by atoms with Crippen LogP contribution in [0.5, 0.6) is 5.75 Å². The van der Waals surface area contributed by atoms with Crippen LogP contribution in [0.1, 0.15) is 24.1 Å². The summed E-state index contributed by atoms with van der Waals surface area (Å²) in [7, 11) is 1.67. The number of para-hydroxylation sites is 2. The van der Waals surface area contributed by atoms with Crippen LogP contribution < -0.4 is 10.1 Å². The van der Waals surface area contributed by atoms with Crippen molar-refractivity contribution < 1.29 is 9.84 Å². The third kappa shape index (κ3) is 3.06. The summed E-state index contributed by atoms with van der Waals surface area (Å²) in [6.07, 6.45) is 0. The average Bonchev–Trinajstić information content (AvgIpc) is 2.47. The molecule has 0 bridgehead atoms. The lowest BCUT2D eigenvalue weighted by atomic mass is 10.1. The lowest BCUT2D eigenvalue weighted by Crippen LogP contribution is -2.09. The van der Waals surface area contributed by atoms with Crippen LogP contribution in [0, 0.1) is 0 Å². The van der Waals surface area contributed by atoms with Crippen molar-refractivity contribution in [2.75, 3.05) is 12.4 Å². The van der Waals surface area contributed by atoms with E-state index in [9.17, 15) is 5.11 Å². The van der Waals surface area contributed by atoms with Crippen LogP contribution in [-0.4, -0.2) is 12.2 Å². The zero-order valence-corrected chi connectivity index (χ0v) is 11.3. The Morgan fingerprint density at radius 1 is 1.11 bits per heavy atom. The number of benzene rings is 2. The van der Waals surface area contributed by atoms with Crippen LogP contribution in [0.15, 0.2) is 48.5 Å². The molecule has 0 aliphatic carbocycles. The minimum Gasteiger partial charge on any atom is -0.496 e. The largest absolute Gasteiger partial charge is 0.496 e. The first-order valence-electron chi connectivity index (χ1n) is 6.34. The van der Waals surface area contributed by atoms with E-state index in [0.29, 0.717) is 0 Å². The normalized spacial score (nSPS) is 11.9. The van der Waals surface area contributed by atoms with E-state index in [-0.39, 0.29) is 12.6 Å². The highest BCUT2D eigenvalue weighted by atomic mass is 16.5. The van der Waals surface area contributed by atoms with Gasteiger partial charge in [-0.25, -0.2) is 0 Å². The Hall–Kier alpha value is -2.00. The molecule has 0 fully saturated rings. The lowest BCUT2D eigenvalue weighted by Gasteiger charge is -2.20. The molecule has 3 heteroatoms. The molecule has 2 aromatic carbocycles. The lowest BCUT2D eigenvalue weighted by molar-refractivity contribution is 0.282. The van der Waals surface area contributed by atoms with Crippen LogP contribution in [0.4, 0.5) is 5.69 Å². The van der Waals surface area contributed by atoms with Crippen molar-refractivity contribution in [3.05, 3.63) is 59.7 Å². The van der Waals surface area contributed by atoms with Crippen molar-refractivity contribution in [3.63, 3.8) is 0 Å².